The molecule has 0 aromatic heterocycles. The van der Waals surface area contributed by atoms with Gasteiger partial charge in [-0.2, -0.15) is 0 Å². The van der Waals surface area contributed by atoms with Gasteiger partial charge in [-0.1, -0.05) is 115 Å². The van der Waals surface area contributed by atoms with Crippen LogP contribution in [0.25, 0.3) is 0 Å². The summed E-state index contributed by atoms with van der Waals surface area (Å²) in [5.74, 6) is 0. The Morgan fingerprint density at radius 1 is 0.538 bits per heavy atom. The molecule has 0 atom stereocenters. The van der Waals surface area contributed by atoms with Crippen molar-refractivity contribution < 1.29 is 5.48 Å². The number of aryl methyl sites for hydroxylation is 1. The highest BCUT2D eigenvalue weighted by atomic mass is 32.1. The van der Waals surface area contributed by atoms with E-state index in [-0.39, 0.29) is 5.48 Å². The number of hydrogen-bond acceptors (Lipinski definition) is 1. The Hall–Kier alpha value is -0.470. The fourth-order valence-electron chi connectivity index (χ4n) is 3.54. The van der Waals surface area contributed by atoms with Crippen LogP contribution in [0.4, 0.5) is 0 Å². The third-order valence-corrected chi connectivity index (χ3v) is 5.55. The summed E-state index contributed by atoms with van der Waals surface area (Å²) in [7, 11) is 0. The van der Waals surface area contributed by atoms with Gasteiger partial charge in [-0.05, 0) is 30.5 Å². The lowest BCUT2D eigenvalue weighted by molar-refractivity contribution is 0.529. The number of thiol groups is 1. The summed E-state index contributed by atoms with van der Waals surface area (Å²) in [6, 6.07) is 8.64. The fourth-order valence-corrected chi connectivity index (χ4v) is 3.69. The second kappa shape index (κ2) is 19.3. The SMILES string of the molecule is CCCCCCCCCCCCCCCCCCc1ccc(S)cc1.O. The molecule has 0 unspecified atom stereocenters. The molecule has 152 valence electrons. The first kappa shape index (κ1) is 25.5. The van der Waals surface area contributed by atoms with E-state index in [4.69, 9.17) is 0 Å². The Labute approximate surface area is 169 Å². The van der Waals surface area contributed by atoms with Gasteiger partial charge in [0.1, 0.15) is 0 Å². The molecule has 2 N–H and O–H groups in total. The van der Waals surface area contributed by atoms with E-state index in [1.165, 1.54) is 115 Å². The summed E-state index contributed by atoms with van der Waals surface area (Å²) in [5.41, 5.74) is 1.46. The van der Waals surface area contributed by atoms with Crippen molar-refractivity contribution in [1.29, 1.82) is 0 Å². The van der Waals surface area contributed by atoms with Crippen molar-refractivity contribution in [2.24, 2.45) is 0 Å². The van der Waals surface area contributed by atoms with Crippen molar-refractivity contribution in [2.75, 3.05) is 0 Å². The maximum Gasteiger partial charge on any atom is 0.00401 e. The summed E-state index contributed by atoms with van der Waals surface area (Å²) in [6.45, 7) is 2.29. The van der Waals surface area contributed by atoms with Crippen LogP contribution < -0.4 is 0 Å². The molecule has 0 aliphatic heterocycles. The van der Waals surface area contributed by atoms with E-state index in [1.54, 1.807) is 0 Å². The van der Waals surface area contributed by atoms with Gasteiger partial charge in [0.15, 0.2) is 0 Å². The molecule has 0 fully saturated rings. The van der Waals surface area contributed by atoms with Crippen LogP contribution in [0.15, 0.2) is 29.2 Å². The highest BCUT2D eigenvalue weighted by Crippen LogP contribution is 2.15. The van der Waals surface area contributed by atoms with Crippen LogP contribution in [0.3, 0.4) is 0 Å². The van der Waals surface area contributed by atoms with Gasteiger partial charge in [0.2, 0.25) is 0 Å². The van der Waals surface area contributed by atoms with Crippen LogP contribution >= 0.6 is 12.6 Å². The van der Waals surface area contributed by atoms with E-state index in [2.05, 4.69) is 43.8 Å². The molecule has 0 saturated heterocycles. The minimum atomic E-state index is 0. The quantitative estimate of drug-likeness (QED) is 0.210. The molecule has 26 heavy (non-hydrogen) atoms. The zero-order chi connectivity index (χ0) is 18.0. The van der Waals surface area contributed by atoms with Gasteiger partial charge in [-0.25, -0.2) is 0 Å². The Balaban J connectivity index is 0.00000625. The van der Waals surface area contributed by atoms with Crippen LogP contribution in [-0.4, -0.2) is 5.48 Å². The highest BCUT2D eigenvalue weighted by Gasteiger charge is 1.96. The molecule has 0 bridgehead atoms. The van der Waals surface area contributed by atoms with Gasteiger partial charge in [0, 0.05) is 4.90 Å². The monoisotopic (exact) mass is 380 g/mol. The largest absolute Gasteiger partial charge is 0.412 e. The average Bonchev–Trinajstić information content (AvgIpc) is 2.63. The fraction of sp³-hybridized carbons (Fsp3) is 0.750. The molecule has 0 aliphatic carbocycles. The molecule has 0 aliphatic rings. The van der Waals surface area contributed by atoms with E-state index >= 15 is 0 Å². The van der Waals surface area contributed by atoms with Crippen LogP contribution in [0.1, 0.15) is 115 Å². The summed E-state index contributed by atoms with van der Waals surface area (Å²) in [5, 5.41) is 0. The molecule has 1 aromatic carbocycles. The van der Waals surface area contributed by atoms with Gasteiger partial charge in [0.25, 0.3) is 0 Å². The van der Waals surface area contributed by atoms with E-state index < -0.39 is 0 Å². The summed E-state index contributed by atoms with van der Waals surface area (Å²) >= 11 is 4.34. The zero-order valence-electron chi connectivity index (χ0n) is 17.3. The van der Waals surface area contributed by atoms with Gasteiger partial charge in [0.05, 0.1) is 0 Å². The molecule has 0 amide bonds. The van der Waals surface area contributed by atoms with Crippen LogP contribution in [0.5, 0.6) is 0 Å². The molecule has 0 spiro atoms. The topological polar surface area (TPSA) is 31.5 Å². The summed E-state index contributed by atoms with van der Waals surface area (Å²) in [6.07, 6.45) is 24.3. The van der Waals surface area contributed by atoms with Crippen molar-refractivity contribution in [2.45, 2.75) is 121 Å². The van der Waals surface area contributed by atoms with Crippen molar-refractivity contribution in [3.05, 3.63) is 29.8 Å². The van der Waals surface area contributed by atoms with Crippen molar-refractivity contribution >= 4 is 12.6 Å². The van der Waals surface area contributed by atoms with E-state index in [1.807, 2.05) is 0 Å². The first-order valence-electron chi connectivity index (χ1n) is 11.1. The predicted octanol–water partition coefficient (Wildman–Crippen LogP) is 7.95. The Kier molecular flexibility index (Phi) is 18.9. The number of rotatable bonds is 17. The van der Waals surface area contributed by atoms with Crippen molar-refractivity contribution in [1.82, 2.24) is 0 Å². The standard InChI is InChI=1S/C24H42S.H2O/c1-2-3-4-5-6-7-8-9-10-11-12-13-14-15-16-17-18-23-19-21-24(25)22-20-23;/h19-22,25H,2-18H2,1H3;1H2. The third-order valence-electron chi connectivity index (χ3n) is 5.26. The maximum absolute atomic E-state index is 4.34. The molecule has 2 heteroatoms. The van der Waals surface area contributed by atoms with E-state index in [9.17, 15) is 0 Å². The molecule has 0 radical (unpaired) electrons. The summed E-state index contributed by atoms with van der Waals surface area (Å²) < 4.78 is 0. The summed E-state index contributed by atoms with van der Waals surface area (Å²) in [4.78, 5) is 1.07. The Morgan fingerprint density at radius 3 is 1.27 bits per heavy atom. The molecular weight excluding hydrogens is 336 g/mol. The molecule has 1 rings (SSSR count). The third kappa shape index (κ3) is 15.8. The normalized spacial score (nSPS) is 10.7. The first-order valence-corrected chi connectivity index (χ1v) is 11.6. The lowest BCUT2D eigenvalue weighted by Crippen LogP contribution is -1.86. The lowest BCUT2D eigenvalue weighted by Gasteiger charge is -2.04. The lowest BCUT2D eigenvalue weighted by atomic mass is 10.0. The second-order valence-electron chi connectivity index (χ2n) is 7.72. The smallest absolute Gasteiger partial charge is 0.00401 e. The molecular formula is C24H44OS. The van der Waals surface area contributed by atoms with Crippen LogP contribution in [0, 0.1) is 0 Å². The number of hydrogen-bond donors (Lipinski definition) is 1. The minimum absolute atomic E-state index is 0. The van der Waals surface area contributed by atoms with E-state index in [0.717, 1.165) is 4.90 Å². The van der Waals surface area contributed by atoms with Crippen molar-refractivity contribution in [3.8, 4) is 0 Å². The van der Waals surface area contributed by atoms with Gasteiger partial charge in [-0.15, -0.1) is 12.6 Å². The second-order valence-corrected chi connectivity index (χ2v) is 8.24. The van der Waals surface area contributed by atoms with Crippen molar-refractivity contribution in [3.63, 3.8) is 0 Å². The first-order chi connectivity index (χ1) is 12.3. The molecule has 1 aromatic rings. The van der Waals surface area contributed by atoms with E-state index in [0.29, 0.717) is 0 Å². The average molecular weight is 381 g/mol. The Morgan fingerprint density at radius 2 is 0.885 bits per heavy atom. The molecule has 0 saturated carbocycles. The molecule has 1 nitrogen and oxygen atoms in total. The number of benzene rings is 1. The molecule has 0 heterocycles. The van der Waals surface area contributed by atoms with Crippen LogP contribution in [0.2, 0.25) is 0 Å². The number of unbranched alkanes of at least 4 members (excludes halogenated alkanes) is 15. The predicted molar refractivity (Wildman–Crippen MR) is 121 cm³/mol. The minimum Gasteiger partial charge on any atom is -0.412 e. The Bertz CT molecular complexity index is 388. The van der Waals surface area contributed by atoms with Crippen LogP contribution in [-0.2, 0) is 6.42 Å². The highest BCUT2D eigenvalue weighted by molar-refractivity contribution is 7.80. The van der Waals surface area contributed by atoms with Gasteiger partial charge in [-0.3, -0.25) is 0 Å². The van der Waals surface area contributed by atoms with Gasteiger partial charge >= 0.3 is 0 Å². The zero-order valence-corrected chi connectivity index (χ0v) is 18.2. The maximum atomic E-state index is 4.34. The van der Waals surface area contributed by atoms with Gasteiger partial charge < -0.3 is 5.48 Å².